The largest absolute Gasteiger partial charge is 0.492 e. The first-order valence-electron chi connectivity index (χ1n) is 17.1. The third-order valence-electron chi connectivity index (χ3n) is 7.84. The van der Waals surface area contributed by atoms with E-state index in [0.717, 1.165) is 40.6 Å². The predicted octanol–water partition coefficient (Wildman–Crippen LogP) is 11.1. The molecule has 0 heterocycles. The summed E-state index contributed by atoms with van der Waals surface area (Å²) in [5, 5.41) is 0. The Morgan fingerprint density at radius 1 is 0.630 bits per heavy atom. The van der Waals surface area contributed by atoms with Crippen molar-refractivity contribution < 1.29 is 28.5 Å². The molecule has 46 heavy (non-hydrogen) atoms. The summed E-state index contributed by atoms with van der Waals surface area (Å²) in [4.78, 5) is 25.2. The number of halogens is 1. The average Bonchev–Trinajstić information content (AvgIpc) is 3.06. The minimum atomic E-state index is -0.613. The summed E-state index contributed by atoms with van der Waals surface area (Å²) in [5.41, 5.74) is 2.32. The molecule has 3 aromatic rings. The molecule has 1 atom stereocenters. The van der Waals surface area contributed by atoms with Crippen molar-refractivity contribution >= 4 is 27.9 Å². The predicted molar refractivity (Wildman–Crippen MR) is 189 cm³/mol. The second-order valence-corrected chi connectivity index (χ2v) is 12.6. The van der Waals surface area contributed by atoms with E-state index in [1.54, 1.807) is 49.4 Å². The molecule has 0 aliphatic heterocycles. The Balaban J connectivity index is 1.41. The zero-order valence-corrected chi connectivity index (χ0v) is 29.4. The minimum Gasteiger partial charge on any atom is -0.492 e. The monoisotopic (exact) mass is 694 g/mol. The van der Waals surface area contributed by atoms with Crippen LogP contribution in [0.3, 0.4) is 0 Å². The second-order valence-electron chi connectivity index (χ2n) is 11.8. The smallest absolute Gasteiger partial charge is 0.343 e. The van der Waals surface area contributed by atoms with Gasteiger partial charge in [-0.2, -0.15) is 0 Å². The summed E-state index contributed by atoms with van der Waals surface area (Å²) in [6, 6.07) is 19.9. The highest BCUT2D eigenvalue weighted by Crippen LogP contribution is 2.28. The van der Waals surface area contributed by atoms with Crippen LogP contribution in [0.2, 0.25) is 0 Å². The fourth-order valence-corrected chi connectivity index (χ4v) is 5.49. The van der Waals surface area contributed by atoms with Gasteiger partial charge in [0.15, 0.2) is 6.10 Å². The fourth-order valence-electron chi connectivity index (χ4n) is 4.99. The Morgan fingerprint density at radius 3 is 1.67 bits per heavy atom. The van der Waals surface area contributed by atoms with E-state index in [2.05, 4.69) is 29.8 Å². The molecule has 0 N–H and O–H groups in total. The van der Waals surface area contributed by atoms with E-state index in [4.69, 9.17) is 18.9 Å². The van der Waals surface area contributed by atoms with Gasteiger partial charge in [0.05, 0.1) is 16.6 Å². The standard InChI is InChI=1S/C39H51BrO6/c1-4-6-8-10-11-12-14-16-28-44-37-26-21-33(29-36(37)40)39(42)46-35-24-19-32(20-25-35)31-17-22-34(23-18-31)45-38(41)30(3)43-27-15-13-9-7-5-2/h17-26,29-30H,4-16,27-28H2,1-3H3/t30-/m0/s1. The van der Waals surface area contributed by atoms with Crippen LogP contribution in [0.5, 0.6) is 17.2 Å². The molecule has 250 valence electrons. The summed E-state index contributed by atoms with van der Waals surface area (Å²) in [6.07, 6.45) is 15.1. The van der Waals surface area contributed by atoms with E-state index in [9.17, 15) is 9.59 Å². The number of unbranched alkanes of at least 4 members (excludes halogenated alkanes) is 11. The summed E-state index contributed by atoms with van der Waals surface area (Å²) in [7, 11) is 0. The molecule has 0 spiro atoms. The van der Waals surface area contributed by atoms with Crippen LogP contribution in [0.4, 0.5) is 0 Å². The van der Waals surface area contributed by atoms with Crippen molar-refractivity contribution in [1.29, 1.82) is 0 Å². The molecule has 0 amide bonds. The molecule has 0 aliphatic rings. The van der Waals surface area contributed by atoms with E-state index >= 15 is 0 Å². The fraction of sp³-hybridized carbons (Fsp3) is 0.487. The number of esters is 2. The number of carbonyl (C=O) groups is 2. The van der Waals surface area contributed by atoms with Gasteiger partial charge < -0.3 is 18.9 Å². The summed E-state index contributed by atoms with van der Waals surface area (Å²) < 4.78 is 23.4. The van der Waals surface area contributed by atoms with Gasteiger partial charge in [-0.25, -0.2) is 9.59 Å². The van der Waals surface area contributed by atoms with Crippen molar-refractivity contribution in [2.45, 2.75) is 110 Å². The lowest BCUT2D eigenvalue weighted by molar-refractivity contribution is -0.146. The molecule has 0 fully saturated rings. The van der Waals surface area contributed by atoms with Gasteiger partial charge in [0.2, 0.25) is 0 Å². The van der Waals surface area contributed by atoms with Crippen LogP contribution in [-0.2, 0) is 9.53 Å². The number of ether oxygens (including phenoxy) is 4. The van der Waals surface area contributed by atoms with Gasteiger partial charge >= 0.3 is 11.9 Å². The van der Waals surface area contributed by atoms with E-state index in [0.29, 0.717) is 30.3 Å². The van der Waals surface area contributed by atoms with Crippen LogP contribution in [0, 0.1) is 0 Å². The molecule has 3 aromatic carbocycles. The van der Waals surface area contributed by atoms with E-state index in [-0.39, 0.29) is 0 Å². The molecule has 0 aliphatic carbocycles. The van der Waals surface area contributed by atoms with Crippen molar-refractivity contribution in [2.24, 2.45) is 0 Å². The zero-order valence-electron chi connectivity index (χ0n) is 27.9. The number of rotatable bonds is 22. The van der Waals surface area contributed by atoms with Crippen molar-refractivity contribution in [3.05, 3.63) is 76.8 Å². The van der Waals surface area contributed by atoms with Gasteiger partial charge in [-0.15, -0.1) is 0 Å². The third kappa shape index (κ3) is 13.7. The number of benzene rings is 3. The molecule has 0 unspecified atom stereocenters. The normalized spacial score (nSPS) is 11.7. The Hall–Kier alpha value is -3.16. The van der Waals surface area contributed by atoms with Crippen molar-refractivity contribution in [2.75, 3.05) is 13.2 Å². The summed E-state index contributed by atoms with van der Waals surface area (Å²) in [6.45, 7) is 7.36. The average molecular weight is 696 g/mol. The molecule has 3 rings (SSSR count). The van der Waals surface area contributed by atoms with E-state index in [1.807, 2.05) is 24.3 Å². The van der Waals surface area contributed by atoms with Crippen LogP contribution in [0.25, 0.3) is 11.1 Å². The number of carbonyl (C=O) groups excluding carboxylic acids is 2. The topological polar surface area (TPSA) is 71.1 Å². The Bertz CT molecular complexity index is 1310. The minimum absolute atomic E-state index is 0.402. The lowest BCUT2D eigenvalue weighted by Crippen LogP contribution is -2.26. The summed E-state index contributed by atoms with van der Waals surface area (Å²) >= 11 is 3.53. The highest BCUT2D eigenvalue weighted by atomic mass is 79.9. The lowest BCUT2D eigenvalue weighted by atomic mass is 10.1. The first-order valence-corrected chi connectivity index (χ1v) is 17.9. The lowest BCUT2D eigenvalue weighted by Gasteiger charge is -2.13. The quantitative estimate of drug-likeness (QED) is 0.0592. The molecular formula is C39H51BrO6. The van der Waals surface area contributed by atoms with Crippen LogP contribution in [-0.4, -0.2) is 31.3 Å². The molecule has 7 heteroatoms. The van der Waals surface area contributed by atoms with Crippen LogP contribution >= 0.6 is 15.9 Å². The van der Waals surface area contributed by atoms with Crippen LogP contribution < -0.4 is 14.2 Å². The van der Waals surface area contributed by atoms with Crippen molar-refractivity contribution in [3.63, 3.8) is 0 Å². The van der Waals surface area contributed by atoms with Gasteiger partial charge in [-0.3, -0.25) is 0 Å². The Kier molecular flexibility index (Phi) is 17.5. The second kappa shape index (κ2) is 21.6. The van der Waals surface area contributed by atoms with E-state index in [1.165, 1.54) is 64.2 Å². The third-order valence-corrected chi connectivity index (χ3v) is 8.46. The molecule has 0 bridgehead atoms. The molecule has 0 saturated carbocycles. The van der Waals surface area contributed by atoms with Gasteiger partial charge in [0.1, 0.15) is 17.2 Å². The zero-order chi connectivity index (χ0) is 33.0. The number of hydrogen-bond donors (Lipinski definition) is 0. The first kappa shape index (κ1) is 37.3. The van der Waals surface area contributed by atoms with Crippen molar-refractivity contribution in [3.8, 4) is 28.4 Å². The van der Waals surface area contributed by atoms with Gasteiger partial charge in [-0.1, -0.05) is 109 Å². The first-order chi connectivity index (χ1) is 22.4. The highest BCUT2D eigenvalue weighted by molar-refractivity contribution is 9.10. The van der Waals surface area contributed by atoms with Gasteiger partial charge in [0, 0.05) is 6.61 Å². The Morgan fingerprint density at radius 2 is 1.13 bits per heavy atom. The summed E-state index contributed by atoms with van der Waals surface area (Å²) in [5.74, 6) is 0.795. The highest BCUT2D eigenvalue weighted by Gasteiger charge is 2.16. The number of hydrogen-bond acceptors (Lipinski definition) is 6. The van der Waals surface area contributed by atoms with E-state index < -0.39 is 18.0 Å². The SMILES string of the molecule is CCCCCCCCCCOc1ccc(C(=O)Oc2ccc(-c3ccc(OC(=O)[C@H](C)OCCCCCCC)cc3)cc2)cc1Br. The van der Waals surface area contributed by atoms with Gasteiger partial charge in [-0.05, 0) is 89.3 Å². The molecule has 0 radical (unpaired) electrons. The molecule has 0 aromatic heterocycles. The van der Waals surface area contributed by atoms with Crippen LogP contribution in [0.1, 0.15) is 115 Å². The molecular weight excluding hydrogens is 644 g/mol. The molecule has 6 nitrogen and oxygen atoms in total. The maximum atomic E-state index is 12.8. The van der Waals surface area contributed by atoms with Gasteiger partial charge in [0.25, 0.3) is 0 Å². The maximum Gasteiger partial charge on any atom is 0.343 e. The Labute approximate surface area is 284 Å². The van der Waals surface area contributed by atoms with Crippen LogP contribution in [0.15, 0.2) is 71.2 Å². The maximum absolute atomic E-state index is 12.8. The van der Waals surface area contributed by atoms with Crippen molar-refractivity contribution in [1.82, 2.24) is 0 Å². The molecule has 0 saturated heterocycles.